The molecule has 1 saturated heterocycles. The largest absolute Gasteiger partial charge is 0.466 e. The Morgan fingerprint density at radius 2 is 2.33 bits per heavy atom. The highest BCUT2D eigenvalue weighted by Crippen LogP contribution is 2.18. The second kappa shape index (κ2) is 6.00. The summed E-state index contributed by atoms with van der Waals surface area (Å²) in [5.41, 5.74) is 0. The summed E-state index contributed by atoms with van der Waals surface area (Å²) in [6, 6.07) is 0. The molecule has 1 heterocycles. The summed E-state index contributed by atoms with van der Waals surface area (Å²) in [5.74, 6) is -0.478. The molecule has 0 amide bonds. The molecule has 0 spiro atoms. The molecule has 0 aromatic rings. The molecular weight excluding hydrogens is 204 g/mol. The average molecular weight is 221 g/mol. The molecule has 1 rings (SSSR count). The van der Waals surface area contributed by atoms with Crippen LogP contribution in [-0.4, -0.2) is 43.5 Å². The van der Waals surface area contributed by atoms with Crippen LogP contribution < -0.4 is 0 Å². The first-order valence-corrected chi connectivity index (χ1v) is 5.30. The van der Waals surface area contributed by atoms with Crippen LogP contribution in [0.15, 0.2) is 0 Å². The van der Waals surface area contributed by atoms with Crippen LogP contribution in [0.25, 0.3) is 0 Å². The van der Waals surface area contributed by atoms with Gasteiger partial charge in [-0.2, -0.15) is 0 Å². The molecule has 0 aromatic heterocycles. The maximum Gasteiger partial charge on any atom is 0.310 e. The summed E-state index contributed by atoms with van der Waals surface area (Å²) >= 11 is 0. The maximum absolute atomic E-state index is 12.1. The van der Waals surface area contributed by atoms with Gasteiger partial charge in [-0.3, -0.25) is 9.69 Å². The van der Waals surface area contributed by atoms with Gasteiger partial charge in [-0.1, -0.05) is 0 Å². The highest BCUT2D eigenvalue weighted by Gasteiger charge is 2.27. The quantitative estimate of drug-likeness (QED) is 0.674. The third-order valence-corrected chi connectivity index (χ3v) is 2.52. The van der Waals surface area contributed by atoms with Crippen molar-refractivity contribution in [2.24, 2.45) is 5.92 Å². The van der Waals surface area contributed by atoms with Crippen LogP contribution in [0.5, 0.6) is 0 Å². The number of carbonyl (C=O) groups is 1. The molecule has 0 N–H and O–H groups in total. The highest BCUT2D eigenvalue weighted by atomic mass is 19.3. The molecule has 0 bridgehead atoms. The Labute approximate surface area is 88.4 Å². The van der Waals surface area contributed by atoms with Gasteiger partial charge in [-0.25, -0.2) is 8.78 Å². The van der Waals surface area contributed by atoms with Crippen molar-refractivity contribution in [1.82, 2.24) is 4.90 Å². The van der Waals surface area contributed by atoms with E-state index in [2.05, 4.69) is 0 Å². The van der Waals surface area contributed by atoms with Crippen LogP contribution in [0.1, 0.15) is 19.8 Å². The lowest BCUT2D eigenvalue weighted by Crippen LogP contribution is -2.41. The Hall–Kier alpha value is -0.710. The van der Waals surface area contributed by atoms with Crippen molar-refractivity contribution in [3.63, 3.8) is 0 Å². The van der Waals surface area contributed by atoms with Crippen LogP contribution in [0.4, 0.5) is 8.78 Å². The lowest BCUT2D eigenvalue weighted by atomic mass is 9.98. The fourth-order valence-electron chi connectivity index (χ4n) is 1.87. The van der Waals surface area contributed by atoms with Crippen molar-refractivity contribution in [3.8, 4) is 0 Å². The molecular formula is C10H17F2NO2. The Morgan fingerprint density at radius 3 is 2.93 bits per heavy atom. The summed E-state index contributed by atoms with van der Waals surface area (Å²) in [6.07, 6.45) is -0.791. The summed E-state index contributed by atoms with van der Waals surface area (Å²) < 4.78 is 29.2. The molecule has 0 aromatic carbocycles. The number of carbonyl (C=O) groups excluding carboxylic acids is 1. The summed E-state index contributed by atoms with van der Waals surface area (Å²) in [6.45, 7) is 2.92. The number of alkyl halides is 2. The van der Waals surface area contributed by atoms with Gasteiger partial charge in [0.05, 0.1) is 19.1 Å². The first kappa shape index (κ1) is 12.4. The van der Waals surface area contributed by atoms with Gasteiger partial charge in [0.25, 0.3) is 6.43 Å². The molecule has 1 atom stereocenters. The minimum atomic E-state index is -2.33. The van der Waals surface area contributed by atoms with Crippen molar-refractivity contribution in [2.45, 2.75) is 26.2 Å². The molecule has 0 saturated carbocycles. The van der Waals surface area contributed by atoms with Crippen molar-refractivity contribution in [2.75, 3.05) is 26.2 Å². The van der Waals surface area contributed by atoms with Crippen molar-refractivity contribution >= 4 is 5.97 Å². The van der Waals surface area contributed by atoms with Crippen LogP contribution in [0.2, 0.25) is 0 Å². The lowest BCUT2D eigenvalue weighted by Gasteiger charge is -2.30. The van der Waals surface area contributed by atoms with E-state index in [1.54, 1.807) is 11.8 Å². The Bertz CT molecular complexity index is 212. The van der Waals surface area contributed by atoms with Gasteiger partial charge < -0.3 is 4.74 Å². The Balaban J connectivity index is 2.38. The van der Waals surface area contributed by atoms with Gasteiger partial charge in [-0.15, -0.1) is 0 Å². The van der Waals surface area contributed by atoms with E-state index in [1.165, 1.54) is 0 Å². The zero-order chi connectivity index (χ0) is 11.3. The number of rotatable bonds is 4. The molecule has 0 radical (unpaired) electrons. The topological polar surface area (TPSA) is 29.5 Å². The van der Waals surface area contributed by atoms with Gasteiger partial charge in [0.1, 0.15) is 0 Å². The number of hydrogen-bond donors (Lipinski definition) is 0. The van der Waals surface area contributed by atoms with Gasteiger partial charge in [0, 0.05) is 6.54 Å². The fraction of sp³-hybridized carbons (Fsp3) is 0.900. The molecule has 5 heteroatoms. The number of hydrogen-bond acceptors (Lipinski definition) is 3. The van der Waals surface area contributed by atoms with Gasteiger partial charge in [0.15, 0.2) is 0 Å². The van der Waals surface area contributed by atoms with Gasteiger partial charge >= 0.3 is 5.97 Å². The zero-order valence-corrected chi connectivity index (χ0v) is 8.92. The second-order valence-corrected chi connectivity index (χ2v) is 3.74. The van der Waals surface area contributed by atoms with Crippen molar-refractivity contribution in [3.05, 3.63) is 0 Å². The van der Waals surface area contributed by atoms with Gasteiger partial charge in [0.2, 0.25) is 0 Å². The van der Waals surface area contributed by atoms with E-state index < -0.39 is 6.43 Å². The molecule has 1 aliphatic heterocycles. The van der Waals surface area contributed by atoms with E-state index >= 15 is 0 Å². The average Bonchev–Trinajstić information content (AvgIpc) is 2.17. The fourth-order valence-corrected chi connectivity index (χ4v) is 1.87. The minimum absolute atomic E-state index is 0.225. The third kappa shape index (κ3) is 4.11. The van der Waals surface area contributed by atoms with Crippen LogP contribution in [0.3, 0.4) is 0 Å². The van der Waals surface area contributed by atoms with E-state index in [0.29, 0.717) is 19.7 Å². The standard InChI is InChI=1S/C10H17F2NO2/c1-2-15-10(14)8-4-3-5-13(6-8)7-9(11)12/h8-9H,2-7H2,1H3. The number of esters is 1. The van der Waals surface area contributed by atoms with E-state index in [1.807, 2.05) is 0 Å². The number of nitrogens with zero attached hydrogens (tertiary/aromatic N) is 1. The first-order valence-electron chi connectivity index (χ1n) is 5.30. The first-order chi connectivity index (χ1) is 7.13. The van der Waals surface area contributed by atoms with Gasteiger partial charge in [-0.05, 0) is 26.3 Å². The summed E-state index contributed by atoms with van der Waals surface area (Å²) in [4.78, 5) is 13.0. The predicted octanol–water partition coefficient (Wildman–Crippen LogP) is 1.53. The number of piperidine rings is 1. The summed E-state index contributed by atoms with van der Waals surface area (Å²) in [7, 11) is 0. The molecule has 3 nitrogen and oxygen atoms in total. The normalized spacial score (nSPS) is 23.1. The van der Waals surface area contributed by atoms with E-state index in [4.69, 9.17) is 4.74 Å². The minimum Gasteiger partial charge on any atom is -0.466 e. The van der Waals surface area contributed by atoms with Crippen LogP contribution >= 0.6 is 0 Å². The molecule has 88 valence electrons. The number of halogens is 2. The molecule has 1 fully saturated rings. The van der Waals surface area contributed by atoms with E-state index in [0.717, 1.165) is 12.8 Å². The Kier molecular flexibility index (Phi) is 4.94. The highest BCUT2D eigenvalue weighted by molar-refractivity contribution is 5.72. The summed E-state index contributed by atoms with van der Waals surface area (Å²) in [5, 5.41) is 0. The molecule has 15 heavy (non-hydrogen) atoms. The van der Waals surface area contributed by atoms with E-state index in [9.17, 15) is 13.6 Å². The SMILES string of the molecule is CCOC(=O)C1CCCN(CC(F)F)C1. The number of ether oxygens (including phenoxy) is 1. The smallest absolute Gasteiger partial charge is 0.310 e. The predicted molar refractivity (Wildman–Crippen MR) is 51.8 cm³/mol. The lowest BCUT2D eigenvalue weighted by molar-refractivity contribution is -0.150. The zero-order valence-electron chi connectivity index (χ0n) is 8.92. The van der Waals surface area contributed by atoms with Crippen molar-refractivity contribution in [1.29, 1.82) is 0 Å². The monoisotopic (exact) mass is 221 g/mol. The van der Waals surface area contributed by atoms with Crippen molar-refractivity contribution < 1.29 is 18.3 Å². The Morgan fingerprint density at radius 1 is 1.60 bits per heavy atom. The maximum atomic E-state index is 12.1. The molecule has 0 aliphatic carbocycles. The van der Waals surface area contributed by atoms with Crippen LogP contribution in [0, 0.1) is 5.92 Å². The third-order valence-electron chi connectivity index (χ3n) is 2.52. The molecule has 1 unspecified atom stereocenters. The molecule has 1 aliphatic rings. The van der Waals surface area contributed by atoms with E-state index in [-0.39, 0.29) is 18.4 Å². The second-order valence-electron chi connectivity index (χ2n) is 3.74. The van der Waals surface area contributed by atoms with Crippen LogP contribution in [-0.2, 0) is 9.53 Å². The number of likely N-dealkylation sites (tertiary alicyclic amines) is 1.